The number of rotatable bonds is 12. The summed E-state index contributed by atoms with van der Waals surface area (Å²) in [5, 5.41) is 3.33. The Bertz CT molecular complexity index is 1090. The predicted molar refractivity (Wildman–Crippen MR) is 137 cm³/mol. The predicted octanol–water partition coefficient (Wildman–Crippen LogP) is 4.00. The Hall–Kier alpha value is -2.58. The van der Waals surface area contributed by atoms with Gasteiger partial charge in [-0.3, -0.25) is 13.9 Å². The molecule has 0 heterocycles. The largest absolute Gasteiger partial charge is 0.354 e. The third-order valence-electron chi connectivity index (χ3n) is 5.55. The van der Waals surface area contributed by atoms with Crippen molar-refractivity contribution in [2.24, 2.45) is 0 Å². The molecule has 0 fully saturated rings. The van der Waals surface area contributed by atoms with Crippen molar-refractivity contribution in [3.05, 3.63) is 64.7 Å². The number of anilines is 1. The number of sulfonamides is 1. The number of amides is 2. The Balaban J connectivity index is 2.47. The molecule has 34 heavy (non-hydrogen) atoms. The van der Waals surface area contributed by atoms with Crippen LogP contribution in [0.2, 0.25) is 5.02 Å². The molecule has 0 aliphatic heterocycles. The first kappa shape index (κ1) is 27.7. The number of aryl methyl sites for hydroxylation is 1. The van der Waals surface area contributed by atoms with Gasteiger partial charge in [-0.2, -0.15) is 0 Å². The van der Waals surface area contributed by atoms with Gasteiger partial charge in [0, 0.05) is 18.1 Å². The molecule has 0 saturated carbocycles. The maximum absolute atomic E-state index is 13.7. The van der Waals surface area contributed by atoms with Crippen LogP contribution in [0.25, 0.3) is 0 Å². The number of carbonyl (C=O) groups excluding carboxylic acids is 2. The van der Waals surface area contributed by atoms with Gasteiger partial charge < -0.3 is 10.2 Å². The molecule has 186 valence electrons. The minimum Gasteiger partial charge on any atom is -0.354 e. The van der Waals surface area contributed by atoms with E-state index in [2.05, 4.69) is 5.32 Å². The van der Waals surface area contributed by atoms with Crippen LogP contribution in [0.4, 0.5) is 5.69 Å². The van der Waals surface area contributed by atoms with Crippen molar-refractivity contribution in [2.75, 3.05) is 23.7 Å². The van der Waals surface area contributed by atoms with Gasteiger partial charge in [0.15, 0.2) is 0 Å². The van der Waals surface area contributed by atoms with Gasteiger partial charge in [0.25, 0.3) is 0 Å². The number of hydrogen-bond acceptors (Lipinski definition) is 4. The fourth-order valence-electron chi connectivity index (χ4n) is 3.74. The Labute approximate surface area is 208 Å². The van der Waals surface area contributed by atoms with Gasteiger partial charge in [-0.15, -0.1) is 0 Å². The number of benzene rings is 2. The molecule has 2 rings (SSSR count). The summed E-state index contributed by atoms with van der Waals surface area (Å²) >= 11 is 6.35. The number of para-hydroxylation sites is 1. The van der Waals surface area contributed by atoms with E-state index in [9.17, 15) is 18.0 Å². The summed E-state index contributed by atoms with van der Waals surface area (Å²) in [6.07, 6.45) is 2.82. The summed E-state index contributed by atoms with van der Waals surface area (Å²) < 4.78 is 26.6. The second kappa shape index (κ2) is 12.8. The van der Waals surface area contributed by atoms with E-state index in [0.29, 0.717) is 35.7 Å². The molecule has 0 radical (unpaired) electrons. The first-order valence-corrected chi connectivity index (χ1v) is 13.7. The standard InChI is InChI=1S/C25H34ClN3O4S/c1-5-16-27-25(31)22(7-3)28(17-20-13-8-10-14-21(20)26)24(30)18-29(34(4,32)33)23-15-11-9-12-19(23)6-2/h8-15,22H,5-7,16-18H2,1-4H3,(H,27,31)/t22-/m0/s1. The third kappa shape index (κ3) is 7.21. The van der Waals surface area contributed by atoms with E-state index in [1.807, 2.05) is 39.0 Å². The summed E-state index contributed by atoms with van der Waals surface area (Å²) in [5.41, 5.74) is 1.95. The quantitative estimate of drug-likeness (QED) is 0.470. The number of nitrogens with one attached hydrogen (secondary N) is 1. The lowest BCUT2D eigenvalue weighted by molar-refractivity contribution is -0.140. The lowest BCUT2D eigenvalue weighted by atomic mass is 10.1. The van der Waals surface area contributed by atoms with E-state index >= 15 is 0 Å². The molecule has 2 aromatic rings. The highest BCUT2D eigenvalue weighted by Gasteiger charge is 2.32. The molecule has 9 heteroatoms. The highest BCUT2D eigenvalue weighted by Crippen LogP contribution is 2.25. The summed E-state index contributed by atoms with van der Waals surface area (Å²) in [6, 6.07) is 13.4. The van der Waals surface area contributed by atoms with Crippen LogP contribution in [0, 0.1) is 0 Å². The van der Waals surface area contributed by atoms with Crippen LogP contribution in [0.1, 0.15) is 44.7 Å². The molecule has 0 aliphatic carbocycles. The third-order valence-corrected chi connectivity index (χ3v) is 7.05. The first-order valence-electron chi connectivity index (χ1n) is 11.5. The molecule has 0 aromatic heterocycles. The highest BCUT2D eigenvalue weighted by atomic mass is 35.5. The second-order valence-electron chi connectivity index (χ2n) is 8.08. The normalized spacial score (nSPS) is 12.1. The van der Waals surface area contributed by atoms with Crippen molar-refractivity contribution in [1.82, 2.24) is 10.2 Å². The fraction of sp³-hybridized carbons (Fsp3) is 0.440. The van der Waals surface area contributed by atoms with Gasteiger partial charge in [0.1, 0.15) is 12.6 Å². The number of carbonyl (C=O) groups is 2. The van der Waals surface area contributed by atoms with E-state index in [4.69, 9.17) is 11.6 Å². The average molecular weight is 508 g/mol. The van der Waals surface area contributed by atoms with Crippen molar-refractivity contribution < 1.29 is 18.0 Å². The molecule has 2 aromatic carbocycles. The Morgan fingerprint density at radius 3 is 2.18 bits per heavy atom. The van der Waals surface area contributed by atoms with Gasteiger partial charge in [-0.1, -0.05) is 68.8 Å². The maximum atomic E-state index is 13.7. The van der Waals surface area contributed by atoms with E-state index < -0.39 is 28.5 Å². The number of hydrogen-bond donors (Lipinski definition) is 1. The molecule has 2 amide bonds. The van der Waals surface area contributed by atoms with Crippen molar-refractivity contribution in [3.63, 3.8) is 0 Å². The van der Waals surface area contributed by atoms with Crippen LogP contribution in [0.15, 0.2) is 48.5 Å². The summed E-state index contributed by atoms with van der Waals surface area (Å²) in [6.45, 7) is 5.85. The lowest BCUT2D eigenvalue weighted by Gasteiger charge is -2.33. The van der Waals surface area contributed by atoms with Crippen LogP contribution < -0.4 is 9.62 Å². The maximum Gasteiger partial charge on any atom is 0.244 e. The van der Waals surface area contributed by atoms with Crippen LogP contribution in [-0.2, 0) is 32.6 Å². The molecule has 0 spiro atoms. The zero-order valence-corrected chi connectivity index (χ0v) is 21.8. The second-order valence-corrected chi connectivity index (χ2v) is 10.4. The fourth-order valence-corrected chi connectivity index (χ4v) is 4.82. The summed E-state index contributed by atoms with van der Waals surface area (Å²) in [4.78, 5) is 28.0. The summed E-state index contributed by atoms with van der Waals surface area (Å²) in [7, 11) is -3.77. The molecule has 0 bridgehead atoms. The summed E-state index contributed by atoms with van der Waals surface area (Å²) in [5.74, 6) is -0.751. The van der Waals surface area contributed by atoms with E-state index in [1.165, 1.54) is 4.90 Å². The van der Waals surface area contributed by atoms with Crippen molar-refractivity contribution in [2.45, 2.75) is 52.6 Å². The van der Waals surface area contributed by atoms with Gasteiger partial charge in [-0.25, -0.2) is 8.42 Å². The molecule has 0 aliphatic rings. The zero-order valence-electron chi connectivity index (χ0n) is 20.3. The number of halogens is 1. The van der Waals surface area contributed by atoms with Crippen LogP contribution >= 0.6 is 11.6 Å². The first-order chi connectivity index (χ1) is 16.1. The molecular formula is C25H34ClN3O4S. The monoisotopic (exact) mass is 507 g/mol. The van der Waals surface area contributed by atoms with Crippen LogP contribution in [0.3, 0.4) is 0 Å². The van der Waals surface area contributed by atoms with Crippen LogP contribution in [0.5, 0.6) is 0 Å². The van der Waals surface area contributed by atoms with E-state index in [0.717, 1.165) is 22.5 Å². The topological polar surface area (TPSA) is 86.8 Å². The zero-order chi connectivity index (χ0) is 25.3. The molecule has 0 saturated heterocycles. The molecular weight excluding hydrogens is 474 g/mol. The number of nitrogens with zero attached hydrogens (tertiary/aromatic N) is 2. The highest BCUT2D eigenvalue weighted by molar-refractivity contribution is 7.92. The molecule has 1 atom stereocenters. The molecule has 1 N–H and O–H groups in total. The van der Waals surface area contributed by atoms with E-state index in [-0.39, 0.29) is 12.5 Å². The lowest BCUT2D eigenvalue weighted by Crippen LogP contribution is -2.52. The average Bonchev–Trinajstić information content (AvgIpc) is 2.81. The SMILES string of the molecule is CCCNC(=O)[C@H](CC)N(Cc1ccccc1Cl)C(=O)CN(c1ccccc1CC)S(C)(=O)=O. The van der Waals surface area contributed by atoms with Crippen LogP contribution in [-0.4, -0.2) is 50.5 Å². The van der Waals surface area contributed by atoms with Crippen molar-refractivity contribution in [3.8, 4) is 0 Å². The smallest absolute Gasteiger partial charge is 0.244 e. The van der Waals surface area contributed by atoms with Gasteiger partial charge in [0.05, 0.1) is 11.9 Å². The Kier molecular flexibility index (Phi) is 10.4. The van der Waals surface area contributed by atoms with Crippen molar-refractivity contribution >= 4 is 39.1 Å². The Morgan fingerprint density at radius 2 is 1.62 bits per heavy atom. The minimum absolute atomic E-state index is 0.0869. The minimum atomic E-state index is -3.77. The molecule has 7 nitrogen and oxygen atoms in total. The van der Waals surface area contributed by atoms with Gasteiger partial charge in [0.2, 0.25) is 21.8 Å². The molecule has 0 unspecified atom stereocenters. The van der Waals surface area contributed by atoms with Crippen molar-refractivity contribution in [1.29, 1.82) is 0 Å². The Morgan fingerprint density at radius 1 is 1.00 bits per heavy atom. The van der Waals surface area contributed by atoms with Gasteiger partial charge >= 0.3 is 0 Å². The van der Waals surface area contributed by atoms with Gasteiger partial charge in [-0.05, 0) is 42.5 Å². The van der Waals surface area contributed by atoms with E-state index in [1.54, 1.807) is 30.3 Å².